The average molecular weight is 444 g/mol. The largest absolute Gasteiger partial charge is 0.297 e. The number of aryl methyl sites for hydroxylation is 1. The van der Waals surface area contributed by atoms with Crippen molar-refractivity contribution in [2.75, 3.05) is 0 Å². The third-order valence-corrected chi connectivity index (χ3v) is 5.77. The van der Waals surface area contributed by atoms with Gasteiger partial charge in [-0.05, 0) is 42.8 Å². The van der Waals surface area contributed by atoms with Gasteiger partial charge in [0.1, 0.15) is 0 Å². The molecule has 152 valence electrons. The lowest BCUT2D eigenvalue weighted by Gasteiger charge is -2.17. The number of hydrazine groups is 1. The van der Waals surface area contributed by atoms with E-state index < -0.39 is 0 Å². The molecular formula is C25H18ClN3OS. The molecule has 1 unspecified atom stereocenters. The zero-order chi connectivity index (χ0) is 21.8. The number of carbonyl (C=O) groups excluding carboxylic acids is 1. The van der Waals surface area contributed by atoms with Crippen molar-refractivity contribution in [3.05, 3.63) is 101 Å². The van der Waals surface area contributed by atoms with Gasteiger partial charge in [0, 0.05) is 28.3 Å². The van der Waals surface area contributed by atoms with E-state index in [1.165, 1.54) is 0 Å². The van der Waals surface area contributed by atoms with Crippen molar-refractivity contribution in [1.29, 1.82) is 0 Å². The first-order chi connectivity index (χ1) is 15.0. The van der Waals surface area contributed by atoms with Gasteiger partial charge in [-0.3, -0.25) is 20.6 Å². The van der Waals surface area contributed by atoms with Crippen LogP contribution in [0.4, 0.5) is 0 Å². The van der Waals surface area contributed by atoms with Crippen molar-refractivity contribution in [3.63, 3.8) is 0 Å². The highest BCUT2D eigenvalue weighted by molar-refractivity contribution is 7.81. The van der Waals surface area contributed by atoms with Gasteiger partial charge in [0.2, 0.25) is 0 Å². The smallest absolute Gasteiger partial charge is 0.269 e. The van der Waals surface area contributed by atoms with Crippen LogP contribution in [0.3, 0.4) is 0 Å². The lowest BCUT2D eigenvalue weighted by molar-refractivity contribution is 0.0940. The number of allylic oxidation sites excluding steroid dienone is 4. The summed E-state index contributed by atoms with van der Waals surface area (Å²) in [6.07, 6.45) is 7.10. The molecule has 3 aromatic rings. The van der Waals surface area contributed by atoms with Gasteiger partial charge in [0.25, 0.3) is 5.91 Å². The molecule has 6 heteroatoms. The molecule has 1 amide bonds. The number of thiocarbonyl (C=S) groups is 1. The van der Waals surface area contributed by atoms with E-state index >= 15 is 0 Å². The van der Waals surface area contributed by atoms with E-state index in [0.29, 0.717) is 16.1 Å². The van der Waals surface area contributed by atoms with Crippen molar-refractivity contribution < 1.29 is 4.79 Å². The second-order valence-electron chi connectivity index (χ2n) is 7.01. The number of nitrogens with one attached hydrogen (secondary N) is 2. The van der Waals surface area contributed by atoms with Crippen LogP contribution < -0.4 is 10.9 Å². The Kier molecular flexibility index (Phi) is 6.13. The van der Waals surface area contributed by atoms with Gasteiger partial charge in [-0.1, -0.05) is 60.5 Å². The Bertz CT molecular complexity index is 1320. The Hall–Kier alpha value is -3.46. The molecule has 0 saturated heterocycles. The van der Waals surface area contributed by atoms with E-state index in [2.05, 4.69) is 27.7 Å². The molecule has 1 atom stereocenters. The summed E-state index contributed by atoms with van der Waals surface area (Å²) < 4.78 is 0. The molecule has 0 radical (unpaired) electrons. The Balaban J connectivity index is 1.51. The van der Waals surface area contributed by atoms with Gasteiger partial charge >= 0.3 is 0 Å². The quantitative estimate of drug-likeness (QED) is 0.269. The Morgan fingerprint density at radius 1 is 1.16 bits per heavy atom. The number of halogens is 1. The lowest BCUT2D eigenvalue weighted by atomic mass is 10.0. The highest BCUT2D eigenvalue weighted by Gasteiger charge is 2.16. The number of fused-ring (bicyclic) bond motifs is 1. The molecule has 2 N–H and O–H groups in total. The zero-order valence-electron chi connectivity index (χ0n) is 16.6. The summed E-state index contributed by atoms with van der Waals surface area (Å²) in [7, 11) is 0. The van der Waals surface area contributed by atoms with Crippen molar-refractivity contribution >= 4 is 45.5 Å². The molecule has 4 nitrogen and oxygen atoms in total. The maximum Gasteiger partial charge on any atom is 0.269 e. The van der Waals surface area contributed by atoms with Crippen LogP contribution in [0.15, 0.2) is 78.7 Å². The molecule has 2 aromatic carbocycles. The normalized spacial score (nSPS) is 15.1. The van der Waals surface area contributed by atoms with Crippen molar-refractivity contribution in [3.8, 4) is 11.8 Å². The van der Waals surface area contributed by atoms with Crippen LogP contribution in [-0.4, -0.2) is 21.1 Å². The number of hydrogen-bond acceptors (Lipinski definition) is 4. The number of pyridine rings is 1. The van der Waals surface area contributed by atoms with E-state index in [4.69, 9.17) is 23.8 Å². The summed E-state index contributed by atoms with van der Waals surface area (Å²) in [5.41, 5.74) is 10.1. The van der Waals surface area contributed by atoms with Crippen molar-refractivity contribution in [2.45, 2.75) is 12.3 Å². The molecule has 0 spiro atoms. The van der Waals surface area contributed by atoms with Gasteiger partial charge in [0.05, 0.1) is 21.5 Å². The van der Waals surface area contributed by atoms with Crippen LogP contribution >= 0.6 is 23.8 Å². The molecule has 0 bridgehead atoms. The van der Waals surface area contributed by atoms with Gasteiger partial charge < -0.3 is 0 Å². The maximum absolute atomic E-state index is 12.6. The van der Waals surface area contributed by atoms with Gasteiger partial charge in [0.15, 0.2) is 0 Å². The molecular weight excluding hydrogens is 426 g/mol. The fourth-order valence-corrected chi connectivity index (χ4v) is 3.44. The Labute approximate surface area is 191 Å². The van der Waals surface area contributed by atoms with Gasteiger partial charge in [-0.2, -0.15) is 0 Å². The monoisotopic (exact) mass is 443 g/mol. The van der Waals surface area contributed by atoms with Crippen LogP contribution in [0.25, 0.3) is 10.9 Å². The van der Waals surface area contributed by atoms with Crippen LogP contribution in [-0.2, 0) is 0 Å². The zero-order valence-corrected chi connectivity index (χ0v) is 18.2. The van der Waals surface area contributed by atoms with Crippen molar-refractivity contribution in [2.24, 2.45) is 0 Å². The van der Waals surface area contributed by atoms with E-state index in [1.54, 1.807) is 36.6 Å². The Morgan fingerprint density at radius 3 is 2.87 bits per heavy atom. The second-order valence-corrected chi connectivity index (χ2v) is 7.92. The SMILES string of the molecule is Cc1ccc(C(=O)NNC2=CC=CC(Cl)C2=S)cc1C#Cc1cnc2ccccc2c1. The van der Waals surface area contributed by atoms with Gasteiger partial charge in [-0.25, -0.2) is 0 Å². The molecule has 1 aliphatic rings. The molecule has 1 heterocycles. The summed E-state index contributed by atoms with van der Waals surface area (Å²) in [6.45, 7) is 1.96. The number of carbonyl (C=O) groups is 1. The molecule has 31 heavy (non-hydrogen) atoms. The minimum absolute atomic E-state index is 0.292. The highest BCUT2D eigenvalue weighted by Crippen LogP contribution is 2.15. The summed E-state index contributed by atoms with van der Waals surface area (Å²) in [4.78, 5) is 17.6. The minimum atomic E-state index is -0.370. The predicted molar refractivity (Wildman–Crippen MR) is 129 cm³/mol. The van der Waals surface area contributed by atoms with Crippen LogP contribution in [0, 0.1) is 18.8 Å². The molecule has 0 fully saturated rings. The van der Waals surface area contributed by atoms with E-state index in [-0.39, 0.29) is 11.3 Å². The number of amides is 1. The number of alkyl halides is 1. The summed E-state index contributed by atoms with van der Waals surface area (Å²) in [6, 6.07) is 15.3. The van der Waals surface area contributed by atoms with E-state index in [0.717, 1.165) is 27.6 Å². The molecule has 0 aliphatic heterocycles. The number of nitrogens with zero attached hydrogens (tertiary/aromatic N) is 1. The minimum Gasteiger partial charge on any atom is -0.297 e. The molecule has 1 aromatic heterocycles. The van der Waals surface area contributed by atoms with E-state index in [1.807, 2.05) is 43.3 Å². The third kappa shape index (κ3) is 4.83. The fourth-order valence-electron chi connectivity index (χ4n) is 3.04. The molecule has 0 saturated carbocycles. The average Bonchev–Trinajstić information content (AvgIpc) is 2.79. The van der Waals surface area contributed by atoms with E-state index in [9.17, 15) is 4.79 Å². The first kappa shape index (κ1) is 20.8. The number of para-hydroxylation sites is 1. The second kappa shape index (κ2) is 9.13. The number of aromatic nitrogens is 1. The van der Waals surface area contributed by atoms with Gasteiger partial charge in [-0.15, -0.1) is 11.6 Å². The third-order valence-electron chi connectivity index (χ3n) is 4.80. The summed E-state index contributed by atoms with van der Waals surface area (Å²) >= 11 is 11.4. The summed E-state index contributed by atoms with van der Waals surface area (Å²) in [5, 5.41) is 0.666. The maximum atomic E-state index is 12.6. The predicted octanol–water partition coefficient (Wildman–Crippen LogP) is 4.61. The van der Waals surface area contributed by atoms with Crippen LogP contribution in [0.1, 0.15) is 27.0 Å². The number of hydrogen-bond donors (Lipinski definition) is 2. The fraction of sp³-hybridized carbons (Fsp3) is 0.0800. The lowest BCUT2D eigenvalue weighted by Crippen LogP contribution is -2.40. The number of benzene rings is 2. The van der Waals surface area contributed by atoms with Crippen molar-refractivity contribution in [1.82, 2.24) is 15.8 Å². The number of rotatable bonds is 3. The topological polar surface area (TPSA) is 54.0 Å². The van der Waals surface area contributed by atoms with Crippen LogP contribution in [0.5, 0.6) is 0 Å². The summed E-state index contributed by atoms with van der Waals surface area (Å²) in [5.74, 6) is 6.01. The van der Waals surface area contributed by atoms with Crippen LogP contribution in [0.2, 0.25) is 0 Å². The standard InChI is InChI=1S/C25H18ClN3OS/c1-16-9-11-20(25(30)29-28-23-8-4-6-21(26)24(23)31)14-18(16)12-10-17-13-19-5-2-3-7-22(19)27-15-17/h2-9,11,13-15,21,28H,1H3,(H,29,30). The molecule has 1 aliphatic carbocycles. The first-order valence-electron chi connectivity index (χ1n) is 9.62. The highest BCUT2D eigenvalue weighted by atomic mass is 35.5. The first-order valence-corrected chi connectivity index (χ1v) is 10.5. The molecule has 4 rings (SSSR count). The Morgan fingerprint density at radius 2 is 2.00 bits per heavy atom.